The molecule has 0 saturated carbocycles. The van der Waals surface area contributed by atoms with Gasteiger partial charge in [0.15, 0.2) is 11.6 Å². The fourth-order valence-corrected chi connectivity index (χ4v) is 2.72. The molecule has 0 amide bonds. The number of azo groups is 1. The van der Waals surface area contributed by atoms with E-state index in [1.165, 1.54) is 0 Å². The van der Waals surface area contributed by atoms with Gasteiger partial charge in [-0.25, -0.2) is 9.97 Å². The van der Waals surface area contributed by atoms with Crippen molar-refractivity contribution < 1.29 is 4.74 Å². The number of methoxy groups -OCH3 is 1. The summed E-state index contributed by atoms with van der Waals surface area (Å²) in [6.45, 7) is 0. The molecule has 5 heteroatoms. The molecule has 1 aromatic heterocycles. The third kappa shape index (κ3) is 4.10. The van der Waals surface area contributed by atoms with Crippen LogP contribution in [0.3, 0.4) is 0 Å². The molecule has 0 spiro atoms. The van der Waals surface area contributed by atoms with Gasteiger partial charge >= 0.3 is 0 Å². The second-order valence-corrected chi connectivity index (χ2v) is 6.07. The number of nitrogens with zero attached hydrogens (tertiary/aromatic N) is 4. The second kappa shape index (κ2) is 8.22. The van der Waals surface area contributed by atoms with Crippen LogP contribution in [0.1, 0.15) is 0 Å². The Bertz CT molecular complexity index is 1020. The van der Waals surface area contributed by atoms with E-state index < -0.39 is 0 Å². The lowest BCUT2D eigenvalue weighted by Gasteiger charge is -2.06. The first-order valence-electron chi connectivity index (χ1n) is 8.87. The minimum Gasteiger partial charge on any atom is -0.497 e. The number of aromatic nitrogens is 2. The Balaban J connectivity index is 1.74. The molecule has 0 fully saturated rings. The van der Waals surface area contributed by atoms with Gasteiger partial charge in [-0.2, -0.15) is 0 Å². The van der Waals surface area contributed by atoms with Gasteiger partial charge in [0, 0.05) is 17.2 Å². The molecule has 0 aliphatic heterocycles. The summed E-state index contributed by atoms with van der Waals surface area (Å²) in [5, 5.41) is 8.64. The first-order valence-corrected chi connectivity index (χ1v) is 8.87. The van der Waals surface area contributed by atoms with E-state index in [0.29, 0.717) is 11.6 Å². The zero-order valence-electron chi connectivity index (χ0n) is 15.4. The molecule has 4 rings (SSSR count). The number of benzene rings is 3. The lowest BCUT2D eigenvalue weighted by Crippen LogP contribution is -1.92. The average Bonchev–Trinajstić information content (AvgIpc) is 2.79. The van der Waals surface area contributed by atoms with Crippen molar-refractivity contribution in [3.8, 4) is 28.4 Å². The predicted octanol–water partition coefficient (Wildman–Crippen LogP) is 6.23. The molecule has 0 N–H and O–H groups in total. The van der Waals surface area contributed by atoms with Crippen LogP contribution in [0, 0.1) is 0 Å². The zero-order valence-corrected chi connectivity index (χ0v) is 15.4. The van der Waals surface area contributed by atoms with E-state index in [1.807, 2.05) is 91.0 Å². The van der Waals surface area contributed by atoms with E-state index >= 15 is 0 Å². The van der Waals surface area contributed by atoms with Gasteiger partial charge in [-0.15, -0.1) is 10.2 Å². The number of hydrogen-bond donors (Lipinski definition) is 0. The standard InChI is InChI=1S/C23H18N4O/c1-28-20-14-12-19(13-15-20)26-27-22-16-21(17-8-4-2-5-9-17)24-23(25-22)18-10-6-3-7-11-18/h2-16H,1H3. The smallest absolute Gasteiger partial charge is 0.178 e. The highest BCUT2D eigenvalue weighted by Crippen LogP contribution is 2.27. The summed E-state index contributed by atoms with van der Waals surface area (Å²) in [4.78, 5) is 9.30. The van der Waals surface area contributed by atoms with Crippen LogP contribution in [-0.2, 0) is 0 Å². The number of ether oxygens (including phenoxy) is 1. The van der Waals surface area contributed by atoms with Gasteiger partial charge in [0.05, 0.1) is 18.5 Å². The van der Waals surface area contributed by atoms with Crippen LogP contribution in [0.5, 0.6) is 5.75 Å². The van der Waals surface area contributed by atoms with Gasteiger partial charge in [-0.3, -0.25) is 0 Å². The molecule has 0 aliphatic rings. The third-order valence-corrected chi connectivity index (χ3v) is 4.15. The van der Waals surface area contributed by atoms with Crippen LogP contribution in [0.25, 0.3) is 22.6 Å². The Morgan fingerprint density at radius 1 is 0.679 bits per heavy atom. The maximum atomic E-state index is 5.17. The maximum absolute atomic E-state index is 5.17. The number of rotatable bonds is 5. The van der Waals surface area contributed by atoms with Crippen LogP contribution in [-0.4, -0.2) is 17.1 Å². The van der Waals surface area contributed by atoms with E-state index in [4.69, 9.17) is 9.72 Å². The van der Waals surface area contributed by atoms with Crippen molar-refractivity contribution in [2.75, 3.05) is 7.11 Å². The first kappa shape index (κ1) is 17.5. The van der Waals surface area contributed by atoms with Crippen molar-refractivity contribution in [3.63, 3.8) is 0 Å². The monoisotopic (exact) mass is 366 g/mol. The van der Waals surface area contributed by atoms with Crippen molar-refractivity contribution in [1.29, 1.82) is 0 Å². The van der Waals surface area contributed by atoms with Crippen molar-refractivity contribution in [1.82, 2.24) is 9.97 Å². The molecule has 0 unspecified atom stereocenters. The maximum Gasteiger partial charge on any atom is 0.178 e. The number of hydrogen-bond acceptors (Lipinski definition) is 5. The summed E-state index contributed by atoms with van der Waals surface area (Å²) in [5.74, 6) is 1.90. The van der Waals surface area contributed by atoms with Crippen LogP contribution in [0.4, 0.5) is 11.5 Å². The molecule has 0 bridgehead atoms. The Kier molecular flexibility index (Phi) is 5.15. The van der Waals surface area contributed by atoms with Crippen LogP contribution in [0.2, 0.25) is 0 Å². The molecular weight excluding hydrogens is 348 g/mol. The fourth-order valence-electron chi connectivity index (χ4n) is 2.72. The van der Waals surface area contributed by atoms with E-state index in [2.05, 4.69) is 15.2 Å². The molecule has 4 aromatic rings. The van der Waals surface area contributed by atoms with E-state index in [9.17, 15) is 0 Å². The minimum absolute atomic E-state index is 0.503. The van der Waals surface area contributed by atoms with Crippen molar-refractivity contribution in [2.45, 2.75) is 0 Å². The summed E-state index contributed by atoms with van der Waals surface area (Å²) in [7, 11) is 1.63. The van der Waals surface area contributed by atoms with E-state index in [-0.39, 0.29) is 0 Å². The summed E-state index contributed by atoms with van der Waals surface area (Å²) in [6, 6.07) is 29.1. The highest BCUT2D eigenvalue weighted by atomic mass is 16.5. The quantitative estimate of drug-likeness (QED) is 0.393. The van der Waals surface area contributed by atoms with Gasteiger partial charge in [0.25, 0.3) is 0 Å². The highest BCUT2D eigenvalue weighted by molar-refractivity contribution is 5.66. The van der Waals surface area contributed by atoms with E-state index in [0.717, 1.165) is 28.3 Å². The third-order valence-electron chi connectivity index (χ3n) is 4.15. The van der Waals surface area contributed by atoms with Crippen molar-refractivity contribution in [2.24, 2.45) is 10.2 Å². The topological polar surface area (TPSA) is 59.7 Å². The molecular formula is C23H18N4O. The second-order valence-electron chi connectivity index (χ2n) is 6.07. The average molecular weight is 366 g/mol. The minimum atomic E-state index is 0.503. The Morgan fingerprint density at radius 2 is 1.32 bits per heavy atom. The molecule has 0 atom stereocenters. The summed E-state index contributed by atoms with van der Waals surface area (Å²) >= 11 is 0. The normalized spacial score (nSPS) is 10.9. The van der Waals surface area contributed by atoms with Gasteiger partial charge in [-0.05, 0) is 24.3 Å². The Morgan fingerprint density at radius 3 is 1.96 bits per heavy atom. The van der Waals surface area contributed by atoms with Crippen molar-refractivity contribution in [3.05, 3.63) is 91.0 Å². The highest BCUT2D eigenvalue weighted by Gasteiger charge is 2.08. The molecule has 0 aliphatic carbocycles. The Labute approximate surface area is 163 Å². The van der Waals surface area contributed by atoms with Crippen LogP contribution < -0.4 is 4.74 Å². The van der Waals surface area contributed by atoms with Gasteiger partial charge in [0.2, 0.25) is 0 Å². The zero-order chi connectivity index (χ0) is 19.2. The molecule has 0 radical (unpaired) electrons. The molecule has 28 heavy (non-hydrogen) atoms. The summed E-state index contributed by atoms with van der Waals surface area (Å²) < 4.78 is 5.17. The largest absolute Gasteiger partial charge is 0.497 e. The van der Waals surface area contributed by atoms with Gasteiger partial charge in [-0.1, -0.05) is 60.7 Å². The van der Waals surface area contributed by atoms with Crippen LogP contribution >= 0.6 is 0 Å². The SMILES string of the molecule is COc1ccc(N=Nc2cc(-c3ccccc3)nc(-c3ccccc3)n2)cc1. The first-order chi connectivity index (χ1) is 13.8. The lowest BCUT2D eigenvalue weighted by molar-refractivity contribution is 0.415. The molecule has 3 aromatic carbocycles. The predicted molar refractivity (Wildman–Crippen MR) is 110 cm³/mol. The fraction of sp³-hybridized carbons (Fsp3) is 0.0435. The Hall–Kier alpha value is -3.86. The summed E-state index contributed by atoms with van der Waals surface area (Å²) in [6.07, 6.45) is 0. The van der Waals surface area contributed by atoms with Crippen LogP contribution in [0.15, 0.2) is 101 Å². The van der Waals surface area contributed by atoms with Crippen molar-refractivity contribution >= 4 is 11.5 Å². The lowest BCUT2D eigenvalue weighted by atomic mass is 10.1. The van der Waals surface area contributed by atoms with E-state index in [1.54, 1.807) is 7.11 Å². The molecule has 5 nitrogen and oxygen atoms in total. The molecule has 136 valence electrons. The van der Waals surface area contributed by atoms with Gasteiger partial charge < -0.3 is 4.74 Å². The molecule has 1 heterocycles. The van der Waals surface area contributed by atoms with Gasteiger partial charge in [0.1, 0.15) is 5.75 Å². The molecule has 0 saturated heterocycles. The summed E-state index contributed by atoms with van der Waals surface area (Å²) in [5.41, 5.74) is 3.46.